The van der Waals surface area contributed by atoms with Crippen molar-refractivity contribution in [3.63, 3.8) is 0 Å². The summed E-state index contributed by atoms with van der Waals surface area (Å²) in [4.78, 5) is 24.1. The molecule has 0 radical (unpaired) electrons. The number of carbonyl (C=O) groups excluding carboxylic acids is 1. The van der Waals surface area contributed by atoms with Gasteiger partial charge in [0.25, 0.3) is 0 Å². The fraction of sp³-hybridized carbons (Fsp3) is 0.818. The summed E-state index contributed by atoms with van der Waals surface area (Å²) in [6.07, 6.45) is 1.30. The Hall–Kier alpha value is -1.26. The van der Waals surface area contributed by atoms with Gasteiger partial charge in [0.15, 0.2) is 0 Å². The molecule has 1 aliphatic heterocycles. The van der Waals surface area contributed by atoms with Gasteiger partial charge in [-0.25, -0.2) is 9.59 Å². The lowest BCUT2D eigenvalue weighted by Crippen LogP contribution is -2.64. The average Bonchev–Trinajstić information content (AvgIpc) is 2.75. The van der Waals surface area contributed by atoms with Gasteiger partial charge in [0, 0.05) is 12.0 Å². The molecule has 1 aliphatic carbocycles. The maximum absolute atomic E-state index is 11.7. The first-order valence-corrected chi connectivity index (χ1v) is 5.48. The molecule has 0 bridgehead atoms. The predicted octanol–water partition coefficient (Wildman–Crippen LogP) is 1.47. The fourth-order valence-corrected chi connectivity index (χ4v) is 2.21. The molecule has 16 heavy (non-hydrogen) atoms. The molecule has 1 N–H and O–H groups in total. The quantitative estimate of drug-likeness (QED) is 0.736. The zero-order valence-corrected chi connectivity index (χ0v) is 9.82. The van der Waals surface area contributed by atoms with Crippen LogP contribution in [0.1, 0.15) is 33.6 Å². The summed E-state index contributed by atoms with van der Waals surface area (Å²) in [7, 11) is 0. The van der Waals surface area contributed by atoms with Crippen LogP contribution in [0.4, 0.5) is 4.79 Å². The summed E-state index contributed by atoms with van der Waals surface area (Å²) in [6.45, 7) is 5.84. The molecule has 2 rings (SSSR count). The monoisotopic (exact) mass is 227 g/mol. The molecule has 1 saturated carbocycles. The molecular weight excluding hydrogens is 210 g/mol. The molecule has 2 aliphatic rings. The van der Waals surface area contributed by atoms with Crippen LogP contribution in [0.25, 0.3) is 0 Å². The van der Waals surface area contributed by atoms with Crippen LogP contribution in [-0.2, 0) is 9.53 Å². The Balaban J connectivity index is 2.01. The second-order valence-corrected chi connectivity index (χ2v) is 5.71. The van der Waals surface area contributed by atoms with Crippen molar-refractivity contribution in [1.82, 2.24) is 4.90 Å². The smallest absolute Gasteiger partial charge is 0.411 e. The Labute approximate surface area is 94.4 Å². The summed E-state index contributed by atoms with van der Waals surface area (Å²) in [5.41, 5.74) is -0.713. The molecule has 2 fully saturated rings. The lowest BCUT2D eigenvalue weighted by molar-refractivity contribution is -0.154. The molecular formula is C11H17NO4. The molecule has 0 aromatic carbocycles. The van der Waals surface area contributed by atoms with Gasteiger partial charge in [-0.2, -0.15) is 0 Å². The van der Waals surface area contributed by atoms with E-state index in [2.05, 4.69) is 0 Å². The number of amides is 1. The van der Waals surface area contributed by atoms with E-state index in [9.17, 15) is 9.59 Å². The Kier molecular flexibility index (Phi) is 2.19. The normalized spacial score (nSPS) is 26.2. The third kappa shape index (κ3) is 1.74. The molecule has 1 atom stereocenters. The molecule has 0 aromatic rings. The van der Waals surface area contributed by atoms with Crippen LogP contribution in [-0.4, -0.2) is 40.3 Å². The van der Waals surface area contributed by atoms with Gasteiger partial charge in [0.05, 0.1) is 0 Å². The molecule has 1 amide bonds. The van der Waals surface area contributed by atoms with Crippen LogP contribution in [0.3, 0.4) is 0 Å². The number of rotatable bonds is 1. The molecule has 1 unspecified atom stereocenters. The number of likely N-dealkylation sites (tertiary alicyclic amines) is 1. The Morgan fingerprint density at radius 3 is 2.31 bits per heavy atom. The second kappa shape index (κ2) is 3.12. The van der Waals surface area contributed by atoms with Gasteiger partial charge in [-0.15, -0.1) is 0 Å². The van der Waals surface area contributed by atoms with Crippen molar-refractivity contribution < 1.29 is 19.4 Å². The number of hydrogen-bond donors (Lipinski definition) is 1. The minimum Gasteiger partial charge on any atom is -0.480 e. The fourth-order valence-electron chi connectivity index (χ4n) is 2.21. The first-order valence-electron chi connectivity index (χ1n) is 5.48. The highest BCUT2D eigenvalue weighted by Crippen LogP contribution is 2.58. The van der Waals surface area contributed by atoms with Crippen molar-refractivity contribution >= 4 is 12.1 Å². The van der Waals surface area contributed by atoms with E-state index < -0.39 is 23.7 Å². The van der Waals surface area contributed by atoms with Crippen molar-refractivity contribution in [3.05, 3.63) is 0 Å². The van der Waals surface area contributed by atoms with Gasteiger partial charge in [0.2, 0.25) is 0 Å². The number of aliphatic carboxylic acids is 1. The van der Waals surface area contributed by atoms with E-state index in [1.807, 2.05) is 0 Å². The zero-order valence-electron chi connectivity index (χ0n) is 9.82. The van der Waals surface area contributed by atoms with E-state index in [0.29, 0.717) is 6.54 Å². The van der Waals surface area contributed by atoms with E-state index >= 15 is 0 Å². The summed E-state index contributed by atoms with van der Waals surface area (Å²) in [5.74, 6) is -0.922. The maximum atomic E-state index is 11.7. The molecule has 5 heteroatoms. The first kappa shape index (κ1) is 11.2. The third-order valence-electron chi connectivity index (χ3n) is 3.13. The summed E-state index contributed by atoms with van der Waals surface area (Å²) in [6, 6.07) is -0.678. The molecule has 1 heterocycles. The second-order valence-electron chi connectivity index (χ2n) is 5.71. The van der Waals surface area contributed by atoms with Crippen molar-refractivity contribution in [2.24, 2.45) is 5.41 Å². The molecule has 1 saturated heterocycles. The van der Waals surface area contributed by atoms with Crippen LogP contribution in [0.15, 0.2) is 0 Å². The van der Waals surface area contributed by atoms with E-state index in [1.165, 1.54) is 4.90 Å². The minimum absolute atomic E-state index is 0.136. The highest BCUT2D eigenvalue weighted by Gasteiger charge is 2.65. The third-order valence-corrected chi connectivity index (χ3v) is 3.13. The molecule has 90 valence electrons. The lowest BCUT2D eigenvalue weighted by atomic mass is 9.85. The number of carboxylic acid groups (broad SMARTS) is 1. The van der Waals surface area contributed by atoms with Gasteiger partial charge < -0.3 is 9.84 Å². The van der Waals surface area contributed by atoms with Crippen LogP contribution in [0.5, 0.6) is 0 Å². The molecule has 0 aromatic heterocycles. The largest absolute Gasteiger partial charge is 0.480 e. The van der Waals surface area contributed by atoms with Gasteiger partial charge in [-0.3, -0.25) is 4.90 Å². The number of carbonyl (C=O) groups is 2. The van der Waals surface area contributed by atoms with E-state index in [0.717, 1.165) is 12.8 Å². The Morgan fingerprint density at radius 1 is 1.38 bits per heavy atom. The van der Waals surface area contributed by atoms with Crippen LogP contribution < -0.4 is 0 Å². The standard InChI is InChI=1S/C11H17NO4/c1-10(2,3)16-9(15)12-6-11(4-5-11)7(12)8(13)14/h7H,4-6H2,1-3H3,(H,13,14). The van der Waals surface area contributed by atoms with Crippen molar-refractivity contribution in [2.75, 3.05) is 6.54 Å². The average molecular weight is 227 g/mol. The first-order chi connectivity index (χ1) is 7.25. The maximum Gasteiger partial charge on any atom is 0.411 e. The van der Waals surface area contributed by atoms with Crippen LogP contribution in [0.2, 0.25) is 0 Å². The summed E-state index contributed by atoms with van der Waals surface area (Å²) >= 11 is 0. The highest BCUT2D eigenvalue weighted by molar-refractivity contribution is 5.84. The summed E-state index contributed by atoms with van der Waals surface area (Å²) in [5, 5.41) is 9.08. The van der Waals surface area contributed by atoms with E-state index in [1.54, 1.807) is 20.8 Å². The number of carboxylic acids is 1. The van der Waals surface area contributed by atoms with Gasteiger partial charge >= 0.3 is 12.1 Å². The van der Waals surface area contributed by atoms with Gasteiger partial charge in [-0.05, 0) is 33.6 Å². The minimum atomic E-state index is -0.922. The number of nitrogens with zero attached hydrogens (tertiary/aromatic N) is 1. The van der Waals surface area contributed by atoms with Crippen LogP contribution >= 0.6 is 0 Å². The van der Waals surface area contributed by atoms with E-state index in [4.69, 9.17) is 9.84 Å². The highest BCUT2D eigenvalue weighted by atomic mass is 16.6. The predicted molar refractivity (Wildman–Crippen MR) is 56.0 cm³/mol. The molecule has 5 nitrogen and oxygen atoms in total. The van der Waals surface area contributed by atoms with Gasteiger partial charge in [-0.1, -0.05) is 0 Å². The molecule has 1 spiro atoms. The van der Waals surface area contributed by atoms with E-state index in [-0.39, 0.29) is 5.41 Å². The zero-order chi connectivity index (χ0) is 12.1. The number of hydrogen-bond acceptors (Lipinski definition) is 3. The Bertz CT molecular complexity index is 340. The Morgan fingerprint density at radius 2 is 1.94 bits per heavy atom. The van der Waals surface area contributed by atoms with Crippen molar-refractivity contribution in [2.45, 2.75) is 45.3 Å². The van der Waals surface area contributed by atoms with Crippen molar-refractivity contribution in [1.29, 1.82) is 0 Å². The van der Waals surface area contributed by atoms with Gasteiger partial charge in [0.1, 0.15) is 11.6 Å². The number of ether oxygens (including phenoxy) is 1. The van der Waals surface area contributed by atoms with Crippen molar-refractivity contribution in [3.8, 4) is 0 Å². The SMILES string of the molecule is CC(C)(C)OC(=O)N1CC2(CC2)C1C(=O)O. The topological polar surface area (TPSA) is 66.8 Å². The van der Waals surface area contributed by atoms with Crippen LogP contribution in [0, 0.1) is 5.41 Å². The summed E-state index contributed by atoms with van der Waals surface area (Å²) < 4.78 is 5.17. The lowest BCUT2D eigenvalue weighted by Gasteiger charge is -2.46.